The van der Waals surface area contributed by atoms with Gasteiger partial charge < -0.3 is 5.32 Å². The van der Waals surface area contributed by atoms with Crippen LogP contribution in [0.5, 0.6) is 0 Å². The van der Waals surface area contributed by atoms with E-state index in [1.807, 2.05) is 0 Å². The summed E-state index contributed by atoms with van der Waals surface area (Å²) >= 11 is 0. The van der Waals surface area contributed by atoms with E-state index >= 15 is 0 Å². The van der Waals surface area contributed by atoms with Crippen LogP contribution >= 0.6 is 0 Å². The zero-order valence-corrected chi connectivity index (χ0v) is 9.14. The molecule has 0 bridgehead atoms. The lowest BCUT2D eigenvalue weighted by atomic mass is 9.83. The number of urea groups is 1. The first-order valence-corrected chi connectivity index (χ1v) is 5.82. The fourth-order valence-electron chi connectivity index (χ4n) is 2.89. The van der Waals surface area contributed by atoms with Crippen LogP contribution in [0.3, 0.4) is 0 Å². The number of carbonyl (C=O) groups excluding carboxylic acids is 2. The van der Waals surface area contributed by atoms with Gasteiger partial charge in [-0.05, 0) is 25.2 Å². The molecule has 1 aliphatic carbocycles. The maximum atomic E-state index is 11.8. The van der Waals surface area contributed by atoms with Gasteiger partial charge in [0.05, 0.1) is 0 Å². The molecule has 3 amide bonds. The van der Waals surface area contributed by atoms with Gasteiger partial charge in [-0.3, -0.25) is 10.1 Å². The quantitative estimate of drug-likeness (QED) is 0.694. The molecule has 0 aromatic carbocycles. The first-order valence-electron chi connectivity index (χ1n) is 5.82. The van der Waals surface area contributed by atoms with Crippen LogP contribution in [0.25, 0.3) is 0 Å². The third-order valence-electron chi connectivity index (χ3n) is 3.70. The molecule has 0 unspecified atom stereocenters. The maximum absolute atomic E-state index is 11.8. The summed E-state index contributed by atoms with van der Waals surface area (Å²) in [7, 11) is 0. The van der Waals surface area contributed by atoms with Gasteiger partial charge in [-0.25, -0.2) is 4.79 Å². The molecule has 1 aliphatic heterocycles. The summed E-state index contributed by atoms with van der Waals surface area (Å²) in [6.07, 6.45) is 6.23. The van der Waals surface area contributed by atoms with Crippen LogP contribution in [0.1, 0.15) is 45.4 Å². The molecule has 4 nitrogen and oxygen atoms in total. The molecule has 2 atom stereocenters. The van der Waals surface area contributed by atoms with Crippen molar-refractivity contribution in [3.63, 3.8) is 0 Å². The smallest absolute Gasteiger partial charge is 0.322 e. The van der Waals surface area contributed by atoms with Gasteiger partial charge in [-0.15, -0.1) is 0 Å². The van der Waals surface area contributed by atoms with Gasteiger partial charge >= 0.3 is 6.03 Å². The predicted octanol–water partition coefficient (Wildman–Crippen LogP) is 1.55. The second-order valence-corrected chi connectivity index (χ2v) is 4.61. The van der Waals surface area contributed by atoms with Crippen LogP contribution in [0.15, 0.2) is 0 Å². The number of carbonyl (C=O) groups is 2. The number of unbranched alkanes of at least 4 members (excludes halogenated alkanes) is 1. The van der Waals surface area contributed by atoms with Crippen molar-refractivity contribution in [1.29, 1.82) is 0 Å². The lowest BCUT2D eigenvalue weighted by molar-refractivity contribution is -0.125. The second-order valence-electron chi connectivity index (χ2n) is 4.61. The molecule has 0 aromatic rings. The van der Waals surface area contributed by atoms with Crippen LogP contribution < -0.4 is 10.6 Å². The summed E-state index contributed by atoms with van der Waals surface area (Å²) < 4.78 is 0. The zero-order valence-electron chi connectivity index (χ0n) is 9.14. The van der Waals surface area contributed by atoms with Crippen molar-refractivity contribution in [3.8, 4) is 0 Å². The molecule has 2 N–H and O–H groups in total. The first kappa shape index (κ1) is 10.5. The highest BCUT2D eigenvalue weighted by Gasteiger charge is 2.53. The zero-order chi connectivity index (χ0) is 10.9. The van der Waals surface area contributed by atoms with Crippen LogP contribution in [-0.2, 0) is 4.79 Å². The van der Waals surface area contributed by atoms with Crippen molar-refractivity contribution in [3.05, 3.63) is 0 Å². The molecule has 1 saturated carbocycles. The monoisotopic (exact) mass is 210 g/mol. The summed E-state index contributed by atoms with van der Waals surface area (Å²) in [6, 6.07) is -0.316. The Hall–Kier alpha value is -1.06. The third-order valence-corrected chi connectivity index (χ3v) is 3.70. The molecule has 84 valence electrons. The lowest BCUT2D eigenvalue weighted by Crippen LogP contribution is -2.49. The first-order chi connectivity index (χ1) is 7.19. The van der Waals surface area contributed by atoms with E-state index in [1.165, 1.54) is 0 Å². The average molecular weight is 210 g/mol. The van der Waals surface area contributed by atoms with E-state index in [4.69, 9.17) is 0 Å². The minimum Gasteiger partial charge on any atom is -0.323 e. The Balaban J connectivity index is 2.11. The Morgan fingerprint density at radius 3 is 2.87 bits per heavy atom. The summed E-state index contributed by atoms with van der Waals surface area (Å²) in [5.74, 6) is 0.231. The van der Waals surface area contributed by atoms with Gasteiger partial charge in [0.15, 0.2) is 0 Å². The van der Waals surface area contributed by atoms with Crippen molar-refractivity contribution in [1.82, 2.24) is 10.6 Å². The van der Waals surface area contributed by atoms with Crippen molar-refractivity contribution >= 4 is 11.9 Å². The fourth-order valence-corrected chi connectivity index (χ4v) is 2.89. The van der Waals surface area contributed by atoms with Crippen molar-refractivity contribution < 1.29 is 9.59 Å². The molecular formula is C11H18N2O2. The Morgan fingerprint density at radius 2 is 2.27 bits per heavy atom. The Labute approximate surface area is 89.8 Å². The molecule has 0 radical (unpaired) electrons. The highest BCUT2D eigenvalue weighted by atomic mass is 16.2. The Morgan fingerprint density at radius 1 is 1.47 bits per heavy atom. The van der Waals surface area contributed by atoms with E-state index in [-0.39, 0.29) is 11.9 Å². The normalized spacial score (nSPS) is 34.6. The van der Waals surface area contributed by atoms with Crippen LogP contribution in [0.2, 0.25) is 0 Å². The van der Waals surface area contributed by atoms with E-state index in [0.717, 1.165) is 38.5 Å². The van der Waals surface area contributed by atoms with Gasteiger partial charge in [0, 0.05) is 0 Å². The van der Waals surface area contributed by atoms with Crippen LogP contribution in [-0.4, -0.2) is 17.5 Å². The third kappa shape index (κ3) is 1.62. The van der Waals surface area contributed by atoms with Gasteiger partial charge in [0.2, 0.25) is 0 Å². The summed E-state index contributed by atoms with van der Waals surface area (Å²) in [4.78, 5) is 23.0. The topological polar surface area (TPSA) is 58.2 Å². The van der Waals surface area contributed by atoms with Crippen LogP contribution in [0.4, 0.5) is 4.79 Å². The van der Waals surface area contributed by atoms with Crippen LogP contribution in [0, 0.1) is 5.92 Å². The van der Waals surface area contributed by atoms with Crippen molar-refractivity contribution in [2.24, 2.45) is 5.92 Å². The molecule has 15 heavy (non-hydrogen) atoms. The van der Waals surface area contributed by atoms with E-state index in [0.29, 0.717) is 5.92 Å². The largest absolute Gasteiger partial charge is 0.323 e. The van der Waals surface area contributed by atoms with E-state index in [1.54, 1.807) is 0 Å². The van der Waals surface area contributed by atoms with Gasteiger partial charge in [-0.1, -0.05) is 26.2 Å². The predicted molar refractivity (Wildman–Crippen MR) is 56.3 cm³/mol. The highest BCUT2D eigenvalue weighted by Crippen LogP contribution is 2.40. The molecule has 2 aliphatic rings. The maximum Gasteiger partial charge on any atom is 0.322 e. The Bertz CT molecular complexity index is 290. The molecule has 2 fully saturated rings. The highest BCUT2D eigenvalue weighted by molar-refractivity contribution is 6.07. The number of amides is 3. The number of imide groups is 1. The SMILES string of the molecule is CCCC[C@H]1CCC[C@@]12NC(=O)NC2=O. The molecule has 1 spiro atoms. The molecular weight excluding hydrogens is 192 g/mol. The summed E-state index contributed by atoms with van der Waals surface area (Å²) in [5.41, 5.74) is -0.563. The number of hydrogen-bond acceptors (Lipinski definition) is 2. The van der Waals surface area contributed by atoms with Crippen molar-refractivity contribution in [2.45, 2.75) is 51.0 Å². The van der Waals surface area contributed by atoms with E-state index in [9.17, 15) is 9.59 Å². The minimum atomic E-state index is -0.563. The fraction of sp³-hybridized carbons (Fsp3) is 0.818. The molecule has 1 saturated heterocycles. The molecule has 4 heteroatoms. The standard InChI is InChI=1S/C11H18N2O2/c1-2-3-5-8-6-4-7-11(8)9(14)12-10(15)13-11/h8H,2-7H2,1H3,(H2,12,13,14,15)/t8-,11+/m0/s1. The van der Waals surface area contributed by atoms with Crippen molar-refractivity contribution in [2.75, 3.05) is 0 Å². The lowest BCUT2D eigenvalue weighted by Gasteiger charge is -2.27. The minimum absolute atomic E-state index is 0.105. The van der Waals surface area contributed by atoms with Gasteiger partial charge in [0.25, 0.3) is 5.91 Å². The van der Waals surface area contributed by atoms with Gasteiger partial charge in [0.1, 0.15) is 5.54 Å². The van der Waals surface area contributed by atoms with Gasteiger partial charge in [-0.2, -0.15) is 0 Å². The second kappa shape index (κ2) is 3.83. The summed E-state index contributed by atoms with van der Waals surface area (Å²) in [6.45, 7) is 2.15. The number of hydrogen-bond donors (Lipinski definition) is 2. The number of rotatable bonds is 3. The van der Waals surface area contributed by atoms with E-state index in [2.05, 4.69) is 17.6 Å². The molecule has 0 aromatic heterocycles. The summed E-state index contributed by atoms with van der Waals surface area (Å²) in [5, 5.41) is 5.21. The van der Waals surface area contributed by atoms with E-state index < -0.39 is 5.54 Å². The molecule has 2 rings (SSSR count). The average Bonchev–Trinajstić information content (AvgIpc) is 2.70. The number of nitrogens with one attached hydrogen (secondary N) is 2. The Kier molecular flexibility index (Phi) is 2.67. The molecule has 1 heterocycles.